The molecule has 0 radical (unpaired) electrons. The fourth-order valence-electron chi connectivity index (χ4n) is 2.01. The van der Waals surface area contributed by atoms with Crippen LogP contribution in [0.5, 0.6) is 0 Å². The van der Waals surface area contributed by atoms with E-state index in [9.17, 15) is 4.39 Å². The molecule has 1 saturated carbocycles. The van der Waals surface area contributed by atoms with Gasteiger partial charge in [0.25, 0.3) is 0 Å². The number of pyridine rings is 1. The maximum absolute atomic E-state index is 13.3. The van der Waals surface area contributed by atoms with Crippen LogP contribution in [0.25, 0.3) is 0 Å². The lowest BCUT2D eigenvalue weighted by Gasteiger charge is -2.29. The lowest BCUT2D eigenvalue weighted by molar-refractivity contribution is 0.402. The second-order valence-corrected chi connectivity index (χ2v) is 4.03. The van der Waals surface area contributed by atoms with Crippen molar-refractivity contribution in [3.8, 4) is 0 Å². The van der Waals surface area contributed by atoms with Gasteiger partial charge in [0.15, 0.2) is 11.6 Å². The van der Waals surface area contributed by atoms with Crippen molar-refractivity contribution in [2.24, 2.45) is 5.73 Å². The number of aromatic nitrogens is 1. The lowest BCUT2D eigenvalue weighted by atomic mass is 9.91. The number of nitrogens with one attached hydrogen (secondary N) is 1. The number of nitrogens with two attached hydrogens (primary N) is 1. The average molecular weight is 209 g/mol. The van der Waals surface area contributed by atoms with Gasteiger partial charge in [-0.15, -0.1) is 0 Å². The van der Waals surface area contributed by atoms with Crippen molar-refractivity contribution in [1.82, 2.24) is 4.98 Å². The predicted molar refractivity (Wildman–Crippen MR) is 58.0 cm³/mol. The van der Waals surface area contributed by atoms with E-state index in [1.807, 2.05) is 0 Å². The molecule has 0 aliphatic heterocycles. The van der Waals surface area contributed by atoms with Crippen molar-refractivity contribution in [2.45, 2.75) is 37.8 Å². The van der Waals surface area contributed by atoms with E-state index >= 15 is 0 Å². The van der Waals surface area contributed by atoms with Crippen LogP contribution < -0.4 is 11.1 Å². The summed E-state index contributed by atoms with van der Waals surface area (Å²) in [5, 5.41) is 3.09. The molecule has 0 spiro atoms. The summed E-state index contributed by atoms with van der Waals surface area (Å²) in [5.41, 5.74) is 5.96. The van der Waals surface area contributed by atoms with E-state index < -0.39 is 0 Å². The number of anilines is 1. The van der Waals surface area contributed by atoms with Gasteiger partial charge >= 0.3 is 0 Å². The molecule has 3 nitrogen and oxygen atoms in total. The van der Waals surface area contributed by atoms with E-state index in [1.54, 1.807) is 12.3 Å². The summed E-state index contributed by atoms with van der Waals surface area (Å²) < 4.78 is 13.3. The third-order valence-electron chi connectivity index (χ3n) is 2.90. The van der Waals surface area contributed by atoms with Gasteiger partial charge in [-0.25, -0.2) is 9.37 Å². The molecule has 0 aromatic carbocycles. The monoisotopic (exact) mass is 209 g/mol. The number of rotatable bonds is 2. The standard InChI is InChI=1S/C11H16FN3/c12-8-4-3-7-14-11(8)15-10-6-2-1-5-9(10)13/h3-4,7,9-10H,1-2,5-6,13H2,(H,14,15). The van der Waals surface area contributed by atoms with Crippen molar-refractivity contribution in [3.05, 3.63) is 24.1 Å². The van der Waals surface area contributed by atoms with E-state index in [2.05, 4.69) is 10.3 Å². The molecule has 1 aliphatic rings. The highest BCUT2D eigenvalue weighted by Crippen LogP contribution is 2.21. The molecule has 0 amide bonds. The smallest absolute Gasteiger partial charge is 0.165 e. The average Bonchev–Trinajstić information content (AvgIpc) is 2.24. The van der Waals surface area contributed by atoms with Crippen molar-refractivity contribution in [2.75, 3.05) is 5.32 Å². The van der Waals surface area contributed by atoms with Crippen LogP contribution in [-0.2, 0) is 0 Å². The fourth-order valence-corrected chi connectivity index (χ4v) is 2.01. The molecule has 1 heterocycles. The Kier molecular flexibility index (Phi) is 3.16. The molecule has 1 aromatic rings. The summed E-state index contributed by atoms with van der Waals surface area (Å²) in [4.78, 5) is 3.97. The summed E-state index contributed by atoms with van der Waals surface area (Å²) in [6.45, 7) is 0. The van der Waals surface area contributed by atoms with Crippen LogP contribution >= 0.6 is 0 Å². The largest absolute Gasteiger partial charge is 0.363 e. The highest BCUT2D eigenvalue weighted by molar-refractivity contribution is 5.37. The first-order chi connectivity index (χ1) is 7.27. The molecule has 3 N–H and O–H groups in total. The molecular weight excluding hydrogens is 193 g/mol. The molecule has 2 atom stereocenters. The Labute approximate surface area is 88.9 Å². The first-order valence-corrected chi connectivity index (χ1v) is 5.40. The fraction of sp³-hybridized carbons (Fsp3) is 0.545. The zero-order valence-electron chi connectivity index (χ0n) is 8.62. The summed E-state index contributed by atoms with van der Waals surface area (Å²) in [7, 11) is 0. The number of halogens is 1. The molecule has 2 unspecified atom stereocenters. The Morgan fingerprint density at radius 3 is 2.93 bits per heavy atom. The number of hydrogen-bond acceptors (Lipinski definition) is 3. The van der Waals surface area contributed by atoms with Crippen LogP contribution in [0.2, 0.25) is 0 Å². The van der Waals surface area contributed by atoms with Gasteiger partial charge < -0.3 is 11.1 Å². The first kappa shape index (κ1) is 10.4. The second-order valence-electron chi connectivity index (χ2n) is 4.03. The topological polar surface area (TPSA) is 50.9 Å². The van der Waals surface area contributed by atoms with Crippen molar-refractivity contribution in [3.63, 3.8) is 0 Å². The van der Waals surface area contributed by atoms with Crippen LogP contribution in [0.3, 0.4) is 0 Å². The zero-order valence-corrected chi connectivity index (χ0v) is 8.62. The molecule has 4 heteroatoms. The number of nitrogens with zero attached hydrogens (tertiary/aromatic N) is 1. The van der Waals surface area contributed by atoms with Gasteiger partial charge in [-0.1, -0.05) is 12.8 Å². The molecule has 1 aromatic heterocycles. The van der Waals surface area contributed by atoms with E-state index in [0.29, 0.717) is 5.82 Å². The molecule has 0 bridgehead atoms. The van der Waals surface area contributed by atoms with E-state index in [1.165, 1.54) is 12.5 Å². The summed E-state index contributed by atoms with van der Waals surface area (Å²) in [5.74, 6) is 0.00937. The predicted octanol–water partition coefficient (Wildman–Crippen LogP) is 1.90. The minimum Gasteiger partial charge on any atom is -0.363 e. The highest BCUT2D eigenvalue weighted by Gasteiger charge is 2.22. The van der Waals surface area contributed by atoms with E-state index in [-0.39, 0.29) is 17.9 Å². The normalized spacial score (nSPS) is 26.3. The third-order valence-corrected chi connectivity index (χ3v) is 2.90. The molecule has 82 valence electrons. The van der Waals surface area contributed by atoms with Crippen LogP contribution in [0, 0.1) is 5.82 Å². The van der Waals surface area contributed by atoms with Crippen LogP contribution in [0.15, 0.2) is 18.3 Å². The summed E-state index contributed by atoms with van der Waals surface area (Å²) >= 11 is 0. The molecular formula is C11H16FN3. The molecule has 15 heavy (non-hydrogen) atoms. The van der Waals surface area contributed by atoms with Gasteiger partial charge in [0.05, 0.1) is 0 Å². The quantitative estimate of drug-likeness (QED) is 0.782. The lowest BCUT2D eigenvalue weighted by Crippen LogP contribution is -2.42. The van der Waals surface area contributed by atoms with Crippen LogP contribution in [0.4, 0.5) is 10.2 Å². The Hall–Kier alpha value is -1.16. The number of hydrogen-bond donors (Lipinski definition) is 2. The molecule has 2 rings (SSSR count). The van der Waals surface area contributed by atoms with Crippen molar-refractivity contribution >= 4 is 5.82 Å². The van der Waals surface area contributed by atoms with Gasteiger partial charge in [0.1, 0.15) is 0 Å². The first-order valence-electron chi connectivity index (χ1n) is 5.40. The minimum absolute atomic E-state index is 0.111. The maximum atomic E-state index is 13.3. The van der Waals surface area contributed by atoms with E-state index in [0.717, 1.165) is 19.3 Å². The summed E-state index contributed by atoms with van der Waals surface area (Å²) in [6, 6.07) is 3.26. The Morgan fingerprint density at radius 2 is 2.20 bits per heavy atom. The molecule has 0 saturated heterocycles. The maximum Gasteiger partial charge on any atom is 0.165 e. The van der Waals surface area contributed by atoms with Gasteiger partial charge in [-0.05, 0) is 25.0 Å². The SMILES string of the molecule is NC1CCCCC1Nc1ncccc1F. The van der Waals surface area contributed by atoms with Crippen LogP contribution in [0.1, 0.15) is 25.7 Å². The minimum atomic E-state index is -0.310. The van der Waals surface area contributed by atoms with Crippen LogP contribution in [-0.4, -0.2) is 17.1 Å². The molecule has 1 fully saturated rings. The Morgan fingerprint density at radius 1 is 1.40 bits per heavy atom. The molecule has 1 aliphatic carbocycles. The summed E-state index contributed by atoms with van der Waals surface area (Å²) in [6.07, 6.45) is 5.91. The van der Waals surface area contributed by atoms with Crippen molar-refractivity contribution < 1.29 is 4.39 Å². The highest BCUT2D eigenvalue weighted by atomic mass is 19.1. The van der Waals surface area contributed by atoms with Gasteiger partial charge in [-0.2, -0.15) is 0 Å². The van der Waals surface area contributed by atoms with E-state index in [4.69, 9.17) is 5.73 Å². The third kappa shape index (κ3) is 2.45. The zero-order chi connectivity index (χ0) is 10.7. The Balaban J connectivity index is 2.04. The van der Waals surface area contributed by atoms with Gasteiger partial charge in [0, 0.05) is 18.3 Å². The van der Waals surface area contributed by atoms with Gasteiger partial charge in [-0.3, -0.25) is 0 Å². The van der Waals surface area contributed by atoms with Crippen molar-refractivity contribution in [1.29, 1.82) is 0 Å². The van der Waals surface area contributed by atoms with Gasteiger partial charge in [0.2, 0.25) is 0 Å². The second kappa shape index (κ2) is 4.57. The Bertz CT molecular complexity index is 329.